The van der Waals surface area contributed by atoms with E-state index in [1.807, 2.05) is 11.8 Å². The van der Waals surface area contributed by atoms with E-state index in [4.69, 9.17) is 4.98 Å². The first kappa shape index (κ1) is 13.8. The monoisotopic (exact) mass is 299 g/mol. The van der Waals surface area contributed by atoms with Crippen LogP contribution in [0.2, 0.25) is 0 Å². The highest BCUT2D eigenvalue weighted by molar-refractivity contribution is 7.97. The van der Waals surface area contributed by atoms with Crippen LogP contribution < -0.4 is 5.32 Å². The molecule has 6 heteroatoms. The fourth-order valence-corrected chi connectivity index (χ4v) is 4.29. The van der Waals surface area contributed by atoms with Gasteiger partial charge in [-0.1, -0.05) is 6.92 Å². The largest absolute Gasteiger partial charge is 0.362 e. The highest BCUT2D eigenvalue weighted by Gasteiger charge is 2.14. The summed E-state index contributed by atoms with van der Waals surface area (Å²) in [4.78, 5) is 10.6. The van der Waals surface area contributed by atoms with Crippen LogP contribution in [0.5, 0.6) is 0 Å². The van der Waals surface area contributed by atoms with E-state index in [-0.39, 0.29) is 0 Å². The van der Waals surface area contributed by atoms with Crippen LogP contribution in [-0.4, -0.2) is 22.8 Å². The van der Waals surface area contributed by atoms with Crippen LogP contribution >= 0.6 is 34.4 Å². The van der Waals surface area contributed by atoms with E-state index in [0.717, 1.165) is 29.5 Å². The first-order chi connectivity index (χ1) is 8.78. The predicted molar refractivity (Wildman–Crippen MR) is 84.0 cm³/mol. The van der Waals surface area contributed by atoms with E-state index >= 15 is 0 Å². The number of hydrogen-bond donors (Lipinski definition) is 1. The van der Waals surface area contributed by atoms with Gasteiger partial charge < -0.3 is 5.32 Å². The van der Waals surface area contributed by atoms with Crippen molar-refractivity contribution in [3.63, 3.8) is 0 Å². The van der Waals surface area contributed by atoms with Crippen molar-refractivity contribution >= 4 is 39.6 Å². The summed E-state index contributed by atoms with van der Waals surface area (Å²) in [5.41, 5.74) is 2.25. The van der Waals surface area contributed by atoms with Crippen LogP contribution in [0, 0.1) is 0 Å². The minimum absolute atomic E-state index is 0.911. The summed E-state index contributed by atoms with van der Waals surface area (Å²) < 4.78 is 0. The number of rotatable bonds is 6. The fourth-order valence-electron chi connectivity index (χ4n) is 1.64. The summed E-state index contributed by atoms with van der Waals surface area (Å²) in [5, 5.41) is 7.57. The Morgan fingerprint density at radius 3 is 2.83 bits per heavy atom. The van der Waals surface area contributed by atoms with Gasteiger partial charge in [0, 0.05) is 17.7 Å². The number of aryl methyl sites for hydroxylation is 1. The zero-order chi connectivity index (χ0) is 13.0. The minimum atomic E-state index is 0.911. The Labute approximate surface area is 120 Å². The van der Waals surface area contributed by atoms with Crippen molar-refractivity contribution in [3.05, 3.63) is 16.1 Å². The third kappa shape index (κ3) is 3.05. The average molecular weight is 299 g/mol. The van der Waals surface area contributed by atoms with Gasteiger partial charge in [0.25, 0.3) is 0 Å². The van der Waals surface area contributed by atoms with E-state index in [0.29, 0.717) is 0 Å². The van der Waals surface area contributed by atoms with Crippen LogP contribution in [0.25, 0.3) is 10.6 Å². The molecular formula is C12H17N3S3. The first-order valence-electron chi connectivity index (χ1n) is 5.95. The molecule has 18 heavy (non-hydrogen) atoms. The fraction of sp³-hybridized carbons (Fsp3) is 0.500. The molecule has 2 heterocycles. The molecule has 1 N–H and O–H groups in total. The van der Waals surface area contributed by atoms with Crippen molar-refractivity contribution in [1.29, 1.82) is 0 Å². The van der Waals surface area contributed by atoms with E-state index < -0.39 is 0 Å². The lowest BCUT2D eigenvalue weighted by atomic mass is 10.2. The Morgan fingerprint density at radius 1 is 1.33 bits per heavy atom. The summed E-state index contributed by atoms with van der Waals surface area (Å²) in [6, 6.07) is 0. The number of thioether (sulfide) groups is 1. The molecule has 0 amide bonds. The van der Waals surface area contributed by atoms with E-state index in [2.05, 4.69) is 35.8 Å². The Bertz CT molecular complexity index is 504. The van der Waals surface area contributed by atoms with E-state index in [1.54, 1.807) is 22.7 Å². The highest BCUT2D eigenvalue weighted by Crippen LogP contribution is 2.33. The minimum Gasteiger partial charge on any atom is -0.362 e. The summed E-state index contributed by atoms with van der Waals surface area (Å²) in [6.07, 6.45) is 3.08. The number of hydrogen-bond acceptors (Lipinski definition) is 6. The molecule has 0 bridgehead atoms. The Morgan fingerprint density at radius 2 is 2.17 bits per heavy atom. The van der Waals surface area contributed by atoms with Gasteiger partial charge in [0.15, 0.2) is 5.13 Å². The second-order valence-corrected chi connectivity index (χ2v) is 6.55. The molecule has 2 rings (SSSR count). The maximum atomic E-state index is 4.69. The molecule has 0 radical (unpaired) electrons. The standard InChI is InChI=1S/C12H17N3S3/c1-4-8-11(18-10(14-8)7-16-3)9-6-17-12(15-9)13-5-2/h6H,4-5,7H2,1-3H3,(H,13,15). The van der Waals surface area contributed by atoms with Gasteiger partial charge in [-0.3, -0.25) is 0 Å². The normalized spacial score (nSPS) is 10.8. The molecule has 0 aliphatic heterocycles. The molecule has 2 aromatic rings. The molecule has 2 aromatic heterocycles. The zero-order valence-electron chi connectivity index (χ0n) is 10.8. The molecule has 0 saturated heterocycles. The lowest BCUT2D eigenvalue weighted by Gasteiger charge is -1.95. The molecule has 0 aliphatic rings. The number of anilines is 1. The van der Waals surface area contributed by atoms with Crippen molar-refractivity contribution in [2.75, 3.05) is 18.1 Å². The van der Waals surface area contributed by atoms with Crippen molar-refractivity contribution in [3.8, 4) is 10.6 Å². The summed E-state index contributed by atoms with van der Waals surface area (Å²) >= 11 is 5.25. The van der Waals surface area contributed by atoms with E-state index in [9.17, 15) is 0 Å². The molecule has 0 fully saturated rings. The molecule has 3 nitrogen and oxygen atoms in total. The van der Waals surface area contributed by atoms with Gasteiger partial charge in [-0.15, -0.1) is 22.7 Å². The van der Waals surface area contributed by atoms with Gasteiger partial charge in [0.05, 0.1) is 16.3 Å². The molecule has 0 spiro atoms. The number of aromatic nitrogens is 2. The third-order valence-corrected chi connectivity index (χ3v) is 5.07. The quantitative estimate of drug-likeness (QED) is 0.870. The lowest BCUT2D eigenvalue weighted by Crippen LogP contribution is -1.95. The predicted octanol–water partition coefficient (Wildman–Crippen LogP) is 4.12. The van der Waals surface area contributed by atoms with Crippen LogP contribution in [0.3, 0.4) is 0 Å². The van der Waals surface area contributed by atoms with Gasteiger partial charge >= 0.3 is 0 Å². The summed E-state index contributed by atoms with van der Waals surface area (Å²) in [6.45, 7) is 5.15. The van der Waals surface area contributed by atoms with Crippen LogP contribution in [0.1, 0.15) is 24.5 Å². The Balaban J connectivity index is 2.29. The van der Waals surface area contributed by atoms with Crippen LogP contribution in [0.4, 0.5) is 5.13 Å². The molecule has 0 saturated carbocycles. The number of thiazole rings is 2. The Hall–Kier alpha value is -0.590. The van der Waals surface area contributed by atoms with Crippen molar-refractivity contribution in [2.45, 2.75) is 26.0 Å². The second kappa shape index (κ2) is 6.54. The van der Waals surface area contributed by atoms with Crippen LogP contribution in [-0.2, 0) is 12.2 Å². The van der Waals surface area contributed by atoms with Gasteiger partial charge in [0.2, 0.25) is 0 Å². The maximum Gasteiger partial charge on any atom is 0.183 e. The maximum absolute atomic E-state index is 4.69. The van der Waals surface area contributed by atoms with E-state index in [1.165, 1.54) is 15.6 Å². The molecule has 0 atom stereocenters. The molecule has 0 unspecified atom stereocenters. The third-order valence-electron chi connectivity index (χ3n) is 2.41. The average Bonchev–Trinajstić information content (AvgIpc) is 2.96. The molecule has 98 valence electrons. The number of nitrogens with zero attached hydrogens (tertiary/aromatic N) is 2. The van der Waals surface area contributed by atoms with Crippen molar-refractivity contribution < 1.29 is 0 Å². The Kier molecular flexibility index (Phi) is 5.03. The second-order valence-electron chi connectivity index (χ2n) is 3.74. The summed E-state index contributed by atoms with van der Waals surface area (Å²) in [5.74, 6) is 0.988. The molecular weight excluding hydrogens is 282 g/mol. The topological polar surface area (TPSA) is 37.8 Å². The van der Waals surface area contributed by atoms with Gasteiger partial charge in [-0.2, -0.15) is 11.8 Å². The molecule has 0 aliphatic carbocycles. The van der Waals surface area contributed by atoms with Crippen molar-refractivity contribution in [1.82, 2.24) is 9.97 Å². The summed E-state index contributed by atoms with van der Waals surface area (Å²) in [7, 11) is 0. The van der Waals surface area contributed by atoms with Gasteiger partial charge in [-0.05, 0) is 19.6 Å². The first-order valence-corrected chi connectivity index (χ1v) is 9.04. The smallest absolute Gasteiger partial charge is 0.183 e. The zero-order valence-corrected chi connectivity index (χ0v) is 13.3. The highest BCUT2D eigenvalue weighted by atomic mass is 32.2. The van der Waals surface area contributed by atoms with Gasteiger partial charge in [0.1, 0.15) is 5.01 Å². The van der Waals surface area contributed by atoms with Crippen LogP contribution in [0.15, 0.2) is 5.38 Å². The van der Waals surface area contributed by atoms with Crippen molar-refractivity contribution in [2.24, 2.45) is 0 Å². The number of nitrogens with one attached hydrogen (secondary N) is 1. The SMILES string of the molecule is CCNc1nc(-c2sc(CSC)nc2CC)cs1. The van der Waals surface area contributed by atoms with Gasteiger partial charge in [-0.25, -0.2) is 9.97 Å². The molecule has 0 aromatic carbocycles. The lowest BCUT2D eigenvalue weighted by molar-refractivity contribution is 1.04.